The van der Waals surface area contributed by atoms with Gasteiger partial charge in [-0.2, -0.15) is 0 Å². The van der Waals surface area contributed by atoms with Crippen LogP contribution in [0.3, 0.4) is 0 Å². The van der Waals surface area contributed by atoms with E-state index in [1.165, 1.54) is 0 Å². The molecule has 0 fully saturated rings. The smallest absolute Gasteiger partial charge is 0.160 e. The minimum absolute atomic E-state index is 0.0440. The average molecular weight is 279 g/mol. The van der Waals surface area contributed by atoms with Crippen molar-refractivity contribution in [1.82, 2.24) is 9.97 Å². The maximum absolute atomic E-state index is 5.64. The lowest BCUT2D eigenvalue weighted by molar-refractivity contribution is 0.00820. The lowest BCUT2D eigenvalue weighted by Gasteiger charge is -2.29. The predicted octanol–water partition coefficient (Wildman–Crippen LogP) is 2.71. The molecule has 1 aromatic heterocycles. The van der Waals surface area contributed by atoms with E-state index in [9.17, 15) is 0 Å². The van der Waals surface area contributed by atoms with Gasteiger partial charge in [-0.1, -0.05) is 20.8 Å². The molecule has 5 nitrogen and oxygen atoms in total. The van der Waals surface area contributed by atoms with Gasteiger partial charge in [-0.3, -0.25) is 0 Å². The Morgan fingerprint density at radius 3 is 2.70 bits per heavy atom. The molecular weight excluding hydrogens is 254 g/mol. The summed E-state index contributed by atoms with van der Waals surface area (Å²) in [7, 11) is 1.72. The topological polar surface area (TPSA) is 56.3 Å². The van der Waals surface area contributed by atoms with Crippen LogP contribution in [0.25, 0.3) is 0 Å². The number of hydrogen-bond donors (Lipinski definition) is 1. The highest BCUT2D eigenvalue weighted by atomic mass is 16.5. The lowest BCUT2D eigenvalue weighted by atomic mass is 9.88. The molecule has 0 bridgehead atoms. The van der Waals surface area contributed by atoms with E-state index in [1.54, 1.807) is 7.11 Å². The Balaban J connectivity index is 2.46. The van der Waals surface area contributed by atoms with Crippen molar-refractivity contribution in [1.29, 1.82) is 0 Å². The molecule has 112 valence electrons. The normalized spacial score (nSPS) is 16.6. The van der Waals surface area contributed by atoms with E-state index in [0.717, 1.165) is 42.5 Å². The molecule has 20 heavy (non-hydrogen) atoms. The zero-order valence-electron chi connectivity index (χ0n) is 13.1. The van der Waals surface area contributed by atoms with E-state index in [1.807, 2.05) is 0 Å². The average Bonchev–Trinajstić information content (AvgIpc) is 2.38. The Morgan fingerprint density at radius 2 is 2.10 bits per heavy atom. The van der Waals surface area contributed by atoms with Gasteiger partial charge in [-0.15, -0.1) is 0 Å². The fourth-order valence-electron chi connectivity index (χ4n) is 2.53. The highest BCUT2D eigenvalue weighted by molar-refractivity contribution is 5.47. The molecule has 1 unspecified atom stereocenters. The van der Waals surface area contributed by atoms with Gasteiger partial charge in [0.25, 0.3) is 0 Å². The zero-order chi connectivity index (χ0) is 14.8. The largest absolute Gasteiger partial charge is 0.376 e. The van der Waals surface area contributed by atoms with Crippen molar-refractivity contribution in [2.75, 3.05) is 25.6 Å². The van der Waals surface area contributed by atoms with Crippen LogP contribution in [0.5, 0.6) is 0 Å². The molecule has 1 N–H and O–H groups in total. The first-order valence-electron chi connectivity index (χ1n) is 7.21. The lowest BCUT2D eigenvalue weighted by Crippen LogP contribution is -2.25. The van der Waals surface area contributed by atoms with Crippen LogP contribution in [-0.2, 0) is 22.5 Å². The number of nitrogens with zero attached hydrogens (tertiary/aromatic N) is 2. The maximum Gasteiger partial charge on any atom is 0.160 e. The third kappa shape index (κ3) is 3.10. The summed E-state index contributed by atoms with van der Waals surface area (Å²) >= 11 is 0. The molecule has 5 heteroatoms. The summed E-state index contributed by atoms with van der Waals surface area (Å²) in [5.74, 6) is 1.65. The summed E-state index contributed by atoms with van der Waals surface area (Å²) in [5, 5.41) is 3.32. The molecule has 0 amide bonds. The summed E-state index contributed by atoms with van der Waals surface area (Å²) in [5.41, 5.74) is 2.13. The zero-order valence-corrected chi connectivity index (χ0v) is 13.1. The number of nitrogens with one attached hydrogen (secondary N) is 1. The minimum atomic E-state index is -0.118. The minimum Gasteiger partial charge on any atom is -0.376 e. The van der Waals surface area contributed by atoms with Gasteiger partial charge in [-0.05, 0) is 12.3 Å². The summed E-state index contributed by atoms with van der Waals surface area (Å²) in [6.45, 7) is 10.6. The van der Waals surface area contributed by atoms with Gasteiger partial charge < -0.3 is 14.8 Å². The van der Waals surface area contributed by atoms with Crippen molar-refractivity contribution >= 4 is 5.82 Å². The second-order valence-electron chi connectivity index (χ2n) is 6.17. The van der Waals surface area contributed by atoms with Gasteiger partial charge >= 0.3 is 0 Å². The first-order chi connectivity index (χ1) is 9.47. The van der Waals surface area contributed by atoms with E-state index in [4.69, 9.17) is 14.5 Å². The molecule has 2 rings (SSSR count). The van der Waals surface area contributed by atoms with Crippen LogP contribution in [0.4, 0.5) is 5.82 Å². The molecule has 0 saturated heterocycles. The van der Waals surface area contributed by atoms with Crippen molar-refractivity contribution in [2.45, 2.75) is 46.8 Å². The highest BCUT2D eigenvalue weighted by Gasteiger charge is 2.30. The fraction of sp³-hybridized carbons (Fsp3) is 0.733. The van der Waals surface area contributed by atoms with Crippen LogP contribution in [-0.4, -0.2) is 30.2 Å². The number of anilines is 1. The molecule has 1 aliphatic rings. The molecule has 0 saturated carbocycles. The van der Waals surface area contributed by atoms with E-state index >= 15 is 0 Å². The van der Waals surface area contributed by atoms with Crippen LogP contribution in [0, 0.1) is 5.41 Å². The number of methoxy groups -OCH3 is 1. The quantitative estimate of drug-likeness (QED) is 0.918. The monoisotopic (exact) mass is 279 g/mol. The molecule has 0 spiro atoms. The van der Waals surface area contributed by atoms with Crippen molar-refractivity contribution in [3.63, 3.8) is 0 Å². The second-order valence-corrected chi connectivity index (χ2v) is 6.17. The Kier molecular flexibility index (Phi) is 4.60. The maximum atomic E-state index is 5.64. The van der Waals surface area contributed by atoms with Crippen LogP contribution < -0.4 is 5.32 Å². The SMILES string of the molecule is CCNc1nc(C(OC)C(C)(C)C)nc2c1COCC2. The van der Waals surface area contributed by atoms with Gasteiger partial charge in [0.2, 0.25) is 0 Å². The molecular formula is C15H25N3O2. The van der Waals surface area contributed by atoms with Gasteiger partial charge in [0, 0.05) is 25.6 Å². The van der Waals surface area contributed by atoms with Crippen LogP contribution in [0.15, 0.2) is 0 Å². The molecule has 2 heterocycles. The Labute approximate surface area is 121 Å². The number of fused-ring (bicyclic) bond motifs is 1. The van der Waals surface area contributed by atoms with Crippen molar-refractivity contribution in [3.05, 3.63) is 17.1 Å². The third-order valence-corrected chi connectivity index (χ3v) is 3.44. The molecule has 1 aliphatic heterocycles. The number of ether oxygens (including phenoxy) is 2. The summed E-state index contributed by atoms with van der Waals surface area (Å²) in [6, 6.07) is 0. The van der Waals surface area contributed by atoms with Gasteiger partial charge in [-0.25, -0.2) is 9.97 Å². The standard InChI is InChI=1S/C15H25N3O2/c1-6-16-13-10-9-20-8-7-11(10)17-14(18-13)12(19-5)15(2,3)4/h12H,6-9H2,1-5H3,(H,16,17,18). The summed E-state index contributed by atoms with van der Waals surface area (Å²) in [6.07, 6.45) is 0.720. The van der Waals surface area contributed by atoms with Crippen molar-refractivity contribution in [2.24, 2.45) is 5.41 Å². The van der Waals surface area contributed by atoms with E-state index in [-0.39, 0.29) is 11.5 Å². The highest BCUT2D eigenvalue weighted by Crippen LogP contribution is 2.35. The Bertz CT molecular complexity index is 469. The summed E-state index contributed by atoms with van der Waals surface area (Å²) < 4.78 is 11.2. The molecule has 0 aromatic carbocycles. The van der Waals surface area contributed by atoms with Crippen LogP contribution >= 0.6 is 0 Å². The first kappa shape index (κ1) is 15.2. The molecule has 1 atom stereocenters. The third-order valence-electron chi connectivity index (χ3n) is 3.44. The number of rotatable bonds is 4. The van der Waals surface area contributed by atoms with E-state index in [0.29, 0.717) is 6.61 Å². The predicted molar refractivity (Wildman–Crippen MR) is 78.8 cm³/mol. The van der Waals surface area contributed by atoms with Gasteiger partial charge in [0.05, 0.1) is 18.9 Å². The summed E-state index contributed by atoms with van der Waals surface area (Å²) in [4.78, 5) is 9.42. The van der Waals surface area contributed by atoms with Crippen LogP contribution in [0.2, 0.25) is 0 Å². The van der Waals surface area contributed by atoms with Gasteiger partial charge in [0.15, 0.2) is 5.82 Å². The second kappa shape index (κ2) is 6.06. The Hall–Kier alpha value is -1.20. The van der Waals surface area contributed by atoms with Crippen molar-refractivity contribution < 1.29 is 9.47 Å². The van der Waals surface area contributed by atoms with E-state index < -0.39 is 0 Å². The Morgan fingerprint density at radius 1 is 1.35 bits per heavy atom. The fourth-order valence-corrected chi connectivity index (χ4v) is 2.53. The molecule has 0 radical (unpaired) electrons. The van der Waals surface area contributed by atoms with E-state index in [2.05, 4.69) is 38.0 Å². The van der Waals surface area contributed by atoms with Crippen LogP contribution in [0.1, 0.15) is 50.9 Å². The van der Waals surface area contributed by atoms with Crippen molar-refractivity contribution in [3.8, 4) is 0 Å². The number of aromatic nitrogens is 2. The number of hydrogen-bond acceptors (Lipinski definition) is 5. The molecule has 1 aromatic rings. The van der Waals surface area contributed by atoms with Gasteiger partial charge in [0.1, 0.15) is 11.9 Å². The first-order valence-corrected chi connectivity index (χ1v) is 7.21. The molecule has 0 aliphatic carbocycles.